The second-order valence-corrected chi connectivity index (χ2v) is 4.81. The fourth-order valence-electron chi connectivity index (χ4n) is 2.35. The number of nitrogens with two attached hydrogens (primary N) is 1. The van der Waals surface area contributed by atoms with E-state index in [1.165, 1.54) is 4.90 Å². The van der Waals surface area contributed by atoms with E-state index in [4.69, 9.17) is 5.73 Å². The number of hydrogen-bond donors (Lipinski definition) is 2. The lowest BCUT2D eigenvalue weighted by atomic mass is 10.1. The van der Waals surface area contributed by atoms with Gasteiger partial charge in [-0.05, 0) is 6.07 Å². The first-order chi connectivity index (χ1) is 10.1. The van der Waals surface area contributed by atoms with Crippen molar-refractivity contribution in [2.24, 2.45) is 7.05 Å². The Balaban J connectivity index is 2.07. The van der Waals surface area contributed by atoms with Gasteiger partial charge in [0.25, 0.3) is 0 Å². The van der Waals surface area contributed by atoms with Gasteiger partial charge in [0.2, 0.25) is 0 Å². The Morgan fingerprint density at radius 2 is 2.05 bits per heavy atom. The molecule has 1 aliphatic rings. The average molecular weight is 285 g/mol. The monoisotopic (exact) mass is 285 g/mol. The van der Waals surface area contributed by atoms with Crippen LogP contribution < -0.4 is 16.0 Å². The van der Waals surface area contributed by atoms with E-state index in [1.807, 2.05) is 18.2 Å². The molecule has 0 aliphatic carbocycles. The Kier molecular flexibility index (Phi) is 3.09. The number of para-hydroxylation sites is 1. The van der Waals surface area contributed by atoms with Crippen molar-refractivity contribution >= 4 is 23.3 Å². The number of amides is 2. The molecule has 0 saturated carbocycles. The molecule has 1 aliphatic heterocycles. The molecule has 1 aromatic carbocycles. The van der Waals surface area contributed by atoms with E-state index in [9.17, 15) is 9.59 Å². The lowest BCUT2D eigenvalue weighted by Gasteiger charge is -2.27. The third-order valence-electron chi connectivity index (χ3n) is 3.45. The largest absolute Gasteiger partial charge is 0.384 e. The molecule has 21 heavy (non-hydrogen) atoms. The highest BCUT2D eigenvalue weighted by Crippen LogP contribution is 2.31. The summed E-state index contributed by atoms with van der Waals surface area (Å²) < 4.78 is 1.57. The van der Waals surface area contributed by atoms with Gasteiger partial charge in [-0.15, -0.1) is 0 Å². The molecule has 0 radical (unpaired) electrons. The standard InChI is InChI=1S/C14H15N5O2/c1-18-12(15)8-10(17-18)9-4-2-3-5-11(9)19-7-6-16-13(20)14(19)21/h2-5,8H,6-7,15H2,1H3,(H,16,20). The molecule has 0 bridgehead atoms. The third-order valence-corrected chi connectivity index (χ3v) is 3.45. The van der Waals surface area contributed by atoms with Gasteiger partial charge in [-0.1, -0.05) is 18.2 Å². The number of aryl methyl sites for hydroxylation is 1. The highest BCUT2D eigenvalue weighted by Gasteiger charge is 2.29. The average Bonchev–Trinajstić information content (AvgIpc) is 2.82. The fraction of sp³-hybridized carbons (Fsp3) is 0.214. The van der Waals surface area contributed by atoms with Crippen LogP contribution in [-0.4, -0.2) is 34.7 Å². The Bertz CT molecular complexity index is 702. The molecule has 2 aromatic rings. The van der Waals surface area contributed by atoms with Gasteiger partial charge in [0.1, 0.15) is 5.82 Å². The first kappa shape index (κ1) is 13.2. The summed E-state index contributed by atoms with van der Waals surface area (Å²) in [4.78, 5) is 25.1. The van der Waals surface area contributed by atoms with Gasteiger partial charge < -0.3 is 16.0 Å². The molecule has 2 amide bonds. The molecule has 7 heteroatoms. The van der Waals surface area contributed by atoms with Gasteiger partial charge in [0.15, 0.2) is 0 Å². The number of nitrogens with zero attached hydrogens (tertiary/aromatic N) is 3. The molecule has 3 N–H and O–H groups in total. The van der Waals surface area contributed by atoms with Crippen molar-refractivity contribution in [1.82, 2.24) is 15.1 Å². The summed E-state index contributed by atoms with van der Waals surface area (Å²) in [6.45, 7) is 0.868. The molecule has 0 unspecified atom stereocenters. The van der Waals surface area contributed by atoms with Crippen LogP contribution >= 0.6 is 0 Å². The number of carbonyl (C=O) groups excluding carboxylic acids is 2. The molecule has 0 atom stereocenters. The Morgan fingerprint density at radius 1 is 1.29 bits per heavy atom. The van der Waals surface area contributed by atoms with E-state index in [2.05, 4.69) is 10.4 Å². The highest BCUT2D eigenvalue weighted by molar-refractivity contribution is 6.41. The van der Waals surface area contributed by atoms with Gasteiger partial charge in [-0.25, -0.2) is 0 Å². The first-order valence-corrected chi connectivity index (χ1v) is 6.56. The third kappa shape index (κ3) is 2.22. The molecule has 1 fully saturated rings. The summed E-state index contributed by atoms with van der Waals surface area (Å²) in [5.41, 5.74) is 7.92. The number of aromatic nitrogens is 2. The maximum Gasteiger partial charge on any atom is 0.316 e. The number of nitrogen functional groups attached to an aromatic ring is 1. The molecule has 108 valence electrons. The van der Waals surface area contributed by atoms with Crippen LogP contribution in [0.25, 0.3) is 11.3 Å². The normalized spacial score (nSPS) is 15.2. The van der Waals surface area contributed by atoms with E-state index in [-0.39, 0.29) is 0 Å². The summed E-state index contributed by atoms with van der Waals surface area (Å²) in [7, 11) is 1.75. The van der Waals surface area contributed by atoms with E-state index in [0.717, 1.165) is 5.56 Å². The van der Waals surface area contributed by atoms with Crippen LogP contribution in [-0.2, 0) is 16.6 Å². The Morgan fingerprint density at radius 3 is 2.76 bits per heavy atom. The molecule has 0 spiro atoms. The number of hydrogen-bond acceptors (Lipinski definition) is 4. The first-order valence-electron chi connectivity index (χ1n) is 6.56. The number of piperazine rings is 1. The lowest BCUT2D eigenvalue weighted by Crippen LogP contribution is -2.52. The van der Waals surface area contributed by atoms with Crippen molar-refractivity contribution < 1.29 is 9.59 Å². The Hall–Kier alpha value is -2.83. The van der Waals surface area contributed by atoms with Crippen molar-refractivity contribution in [2.75, 3.05) is 23.7 Å². The number of nitrogens with one attached hydrogen (secondary N) is 1. The van der Waals surface area contributed by atoms with Gasteiger partial charge in [0.05, 0.1) is 11.4 Å². The van der Waals surface area contributed by atoms with Crippen molar-refractivity contribution in [2.45, 2.75) is 0 Å². The van der Waals surface area contributed by atoms with Crippen LogP contribution in [0.1, 0.15) is 0 Å². The molecule has 1 saturated heterocycles. The van der Waals surface area contributed by atoms with Crippen LogP contribution in [0.3, 0.4) is 0 Å². The lowest BCUT2D eigenvalue weighted by molar-refractivity contribution is -0.138. The minimum atomic E-state index is -0.586. The second-order valence-electron chi connectivity index (χ2n) is 4.81. The molecule has 2 heterocycles. The second kappa shape index (κ2) is 4.93. The van der Waals surface area contributed by atoms with E-state index in [0.29, 0.717) is 30.3 Å². The molecule has 3 rings (SSSR count). The summed E-state index contributed by atoms with van der Waals surface area (Å²) in [5.74, 6) is -0.614. The summed E-state index contributed by atoms with van der Waals surface area (Å²) in [6, 6.07) is 9.09. The number of benzene rings is 1. The van der Waals surface area contributed by atoms with Crippen LogP contribution in [0.4, 0.5) is 11.5 Å². The van der Waals surface area contributed by atoms with Crippen molar-refractivity contribution in [3.63, 3.8) is 0 Å². The van der Waals surface area contributed by atoms with Crippen LogP contribution in [0.2, 0.25) is 0 Å². The van der Waals surface area contributed by atoms with Crippen LogP contribution in [0, 0.1) is 0 Å². The quantitative estimate of drug-likeness (QED) is 0.767. The maximum absolute atomic E-state index is 12.0. The minimum absolute atomic E-state index is 0.434. The minimum Gasteiger partial charge on any atom is -0.384 e. The SMILES string of the molecule is Cn1nc(-c2ccccc2N2CCNC(=O)C2=O)cc1N. The van der Waals surface area contributed by atoms with E-state index in [1.54, 1.807) is 23.9 Å². The number of carbonyl (C=O) groups is 2. The van der Waals surface area contributed by atoms with Crippen molar-refractivity contribution in [1.29, 1.82) is 0 Å². The maximum atomic E-state index is 12.0. The molecule has 7 nitrogen and oxygen atoms in total. The zero-order chi connectivity index (χ0) is 15.0. The highest BCUT2D eigenvalue weighted by atomic mass is 16.2. The molecular weight excluding hydrogens is 270 g/mol. The van der Waals surface area contributed by atoms with Gasteiger partial charge in [-0.3, -0.25) is 14.3 Å². The summed E-state index contributed by atoms with van der Waals surface area (Å²) in [5, 5.41) is 6.87. The van der Waals surface area contributed by atoms with Gasteiger partial charge >= 0.3 is 11.8 Å². The summed E-state index contributed by atoms with van der Waals surface area (Å²) in [6.07, 6.45) is 0. The fourth-order valence-corrected chi connectivity index (χ4v) is 2.35. The van der Waals surface area contributed by atoms with Crippen molar-refractivity contribution in [3.05, 3.63) is 30.3 Å². The van der Waals surface area contributed by atoms with Crippen molar-refractivity contribution in [3.8, 4) is 11.3 Å². The van der Waals surface area contributed by atoms with Crippen LogP contribution in [0.15, 0.2) is 30.3 Å². The number of anilines is 2. The molecular formula is C14H15N5O2. The van der Waals surface area contributed by atoms with E-state index >= 15 is 0 Å². The van der Waals surface area contributed by atoms with Gasteiger partial charge in [-0.2, -0.15) is 5.10 Å². The van der Waals surface area contributed by atoms with E-state index < -0.39 is 11.8 Å². The zero-order valence-electron chi connectivity index (χ0n) is 11.5. The number of rotatable bonds is 2. The zero-order valence-corrected chi connectivity index (χ0v) is 11.5. The predicted octanol–water partition coefficient (Wildman–Crippen LogP) is 0.132. The molecule has 1 aromatic heterocycles. The summed E-state index contributed by atoms with van der Waals surface area (Å²) >= 11 is 0. The Labute approximate surface area is 121 Å². The topological polar surface area (TPSA) is 93.2 Å². The van der Waals surface area contributed by atoms with Crippen LogP contribution in [0.5, 0.6) is 0 Å². The van der Waals surface area contributed by atoms with Gasteiger partial charge in [0, 0.05) is 31.8 Å². The smallest absolute Gasteiger partial charge is 0.316 e. The predicted molar refractivity (Wildman–Crippen MR) is 78.4 cm³/mol.